The fraction of sp³-hybridized carbons (Fsp3) is 0.611. The Kier molecular flexibility index (Phi) is 5.83. The number of hydrogen-bond acceptors (Lipinski definition) is 3. The molecule has 122 valence electrons. The van der Waals surface area contributed by atoms with Crippen molar-refractivity contribution < 1.29 is 9.53 Å². The molecule has 22 heavy (non-hydrogen) atoms. The van der Waals surface area contributed by atoms with Gasteiger partial charge >= 0.3 is 0 Å². The molecule has 1 aromatic carbocycles. The summed E-state index contributed by atoms with van der Waals surface area (Å²) in [5, 5.41) is 0. The lowest BCUT2D eigenvalue weighted by Crippen LogP contribution is -2.45. The maximum Gasteiger partial charge on any atom is 0.226 e. The number of carbonyl (C=O) groups excluding carboxylic acids is 1. The Hall–Kier alpha value is -1.55. The summed E-state index contributed by atoms with van der Waals surface area (Å²) in [6.07, 6.45) is 2.61. The molecule has 1 heterocycles. The van der Waals surface area contributed by atoms with E-state index in [1.807, 2.05) is 37.8 Å². The molecule has 0 radical (unpaired) electrons. The molecule has 0 aromatic heterocycles. The number of hydrogen-bond donors (Lipinski definition) is 1. The highest BCUT2D eigenvalue weighted by Crippen LogP contribution is 2.21. The van der Waals surface area contributed by atoms with E-state index in [0.717, 1.165) is 37.2 Å². The van der Waals surface area contributed by atoms with Crippen LogP contribution in [0, 0.1) is 19.8 Å². The fourth-order valence-electron chi connectivity index (χ4n) is 2.93. The number of likely N-dealkylation sites (tertiary alicyclic amines) is 1. The van der Waals surface area contributed by atoms with Crippen LogP contribution in [0.25, 0.3) is 0 Å². The van der Waals surface area contributed by atoms with Crippen LogP contribution in [0.4, 0.5) is 0 Å². The molecule has 1 aliphatic heterocycles. The van der Waals surface area contributed by atoms with Crippen molar-refractivity contribution in [1.29, 1.82) is 0 Å². The first kappa shape index (κ1) is 16.8. The van der Waals surface area contributed by atoms with Crippen molar-refractivity contribution in [1.82, 2.24) is 4.90 Å². The largest absolute Gasteiger partial charge is 0.493 e. The lowest BCUT2D eigenvalue weighted by molar-refractivity contribution is -0.133. The van der Waals surface area contributed by atoms with Crippen molar-refractivity contribution in [3.63, 3.8) is 0 Å². The molecule has 2 rings (SSSR count). The van der Waals surface area contributed by atoms with Crippen LogP contribution in [0.2, 0.25) is 0 Å². The van der Waals surface area contributed by atoms with Crippen molar-refractivity contribution in [3.8, 4) is 5.75 Å². The summed E-state index contributed by atoms with van der Waals surface area (Å²) < 4.78 is 5.78. The molecule has 0 spiro atoms. The lowest BCUT2D eigenvalue weighted by atomic mass is 9.92. The van der Waals surface area contributed by atoms with E-state index in [1.165, 1.54) is 5.56 Å². The standard InChI is InChI=1S/C18H28N2O2/c1-13-6-7-14(2)17(11-13)22-10-8-18(21)20-9-4-5-16(12-20)15(3)19/h6-7,11,15-16H,4-5,8-10,12,19H2,1-3H3/t15-,16-/m0/s1. The van der Waals surface area contributed by atoms with E-state index in [4.69, 9.17) is 10.5 Å². The summed E-state index contributed by atoms with van der Waals surface area (Å²) in [7, 11) is 0. The molecule has 0 saturated carbocycles. The number of aryl methyl sites for hydroxylation is 2. The molecule has 4 nitrogen and oxygen atoms in total. The number of nitrogens with two attached hydrogens (primary N) is 1. The summed E-state index contributed by atoms with van der Waals surface area (Å²) in [4.78, 5) is 14.3. The smallest absolute Gasteiger partial charge is 0.226 e. The van der Waals surface area contributed by atoms with Gasteiger partial charge in [-0.3, -0.25) is 4.79 Å². The summed E-state index contributed by atoms with van der Waals surface area (Å²) in [6.45, 7) is 8.17. The summed E-state index contributed by atoms with van der Waals surface area (Å²) >= 11 is 0. The van der Waals surface area contributed by atoms with Gasteiger partial charge in [0, 0.05) is 19.1 Å². The van der Waals surface area contributed by atoms with E-state index in [1.54, 1.807) is 0 Å². The molecule has 4 heteroatoms. The second kappa shape index (κ2) is 7.63. The van der Waals surface area contributed by atoms with Crippen LogP contribution >= 0.6 is 0 Å². The van der Waals surface area contributed by atoms with E-state index in [0.29, 0.717) is 18.9 Å². The summed E-state index contributed by atoms with van der Waals surface area (Å²) in [6, 6.07) is 6.29. The molecule has 2 atom stereocenters. The van der Waals surface area contributed by atoms with Crippen molar-refractivity contribution in [2.75, 3.05) is 19.7 Å². The number of rotatable bonds is 5. The number of ether oxygens (including phenoxy) is 1. The van der Waals surface area contributed by atoms with Gasteiger partial charge in [-0.25, -0.2) is 0 Å². The fourth-order valence-corrected chi connectivity index (χ4v) is 2.93. The van der Waals surface area contributed by atoms with Crippen molar-refractivity contribution in [3.05, 3.63) is 29.3 Å². The molecule has 0 unspecified atom stereocenters. The zero-order valence-electron chi connectivity index (χ0n) is 14.0. The summed E-state index contributed by atoms with van der Waals surface area (Å²) in [5.74, 6) is 1.48. The minimum atomic E-state index is 0.154. The average Bonchev–Trinajstić information content (AvgIpc) is 2.50. The van der Waals surface area contributed by atoms with Crippen LogP contribution in [0.5, 0.6) is 5.75 Å². The highest BCUT2D eigenvalue weighted by atomic mass is 16.5. The molecule has 1 aromatic rings. The third-order valence-corrected chi connectivity index (χ3v) is 4.47. The molecular weight excluding hydrogens is 276 g/mol. The van der Waals surface area contributed by atoms with Crippen LogP contribution in [0.15, 0.2) is 18.2 Å². The molecule has 0 aliphatic carbocycles. The van der Waals surface area contributed by atoms with Crippen molar-refractivity contribution >= 4 is 5.91 Å². The van der Waals surface area contributed by atoms with E-state index in [2.05, 4.69) is 6.07 Å². The van der Waals surface area contributed by atoms with Gasteiger partial charge in [0.1, 0.15) is 5.75 Å². The number of nitrogens with zero attached hydrogens (tertiary/aromatic N) is 1. The molecule has 0 bridgehead atoms. The van der Waals surface area contributed by atoms with Gasteiger partial charge in [-0.05, 0) is 56.7 Å². The Morgan fingerprint density at radius 2 is 2.23 bits per heavy atom. The monoisotopic (exact) mass is 304 g/mol. The quantitative estimate of drug-likeness (QED) is 0.910. The van der Waals surface area contributed by atoms with E-state index < -0.39 is 0 Å². The minimum Gasteiger partial charge on any atom is -0.493 e. The van der Waals surface area contributed by atoms with Crippen LogP contribution in [0.3, 0.4) is 0 Å². The highest BCUT2D eigenvalue weighted by molar-refractivity contribution is 5.76. The maximum absolute atomic E-state index is 12.3. The molecule has 1 aliphatic rings. The molecule has 1 amide bonds. The molecule has 1 fully saturated rings. The number of piperidine rings is 1. The van der Waals surface area contributed by atoms with Crippen LogP contribution < -0.4 is 10.5 Å². The van der Waals surface area contributed by atoms with Crippen LogP contribution in [0.1, 0.15) is 37.3 Å². The summed E-state index contributed by atoms with van der Waals surface area (Å²) in [5.41, 5.74) is 8.25. The van der Waals surface area contributed by atoms with Gasteiger partial charge in [-0.1, -0.05) is 12.1 Å². The van der Waals surface area contributed by atoms with Gasteiger partial charge in [0.25, 0.3) is 0 Å². The number of benzene rings is 1. The van der Waals surface area contributed by atoms with Gasteiger partial charge in [0.2, 0.25) is 5.91 Å². The maximum atomic E-state index is 12.3. The SMILES string of the molecule is Cc1ccc(C)c(OCCC(=O)N2CCC[C@H]([C@H](C)N)C2)c1. The Morgan fingerprint density at radius 3 is 2.95 bits per heavy atom. The Balaban J connectivity index is 1.81. The van der Waals surface area contributed by atoms with E-state index in [-0.39, 0.29) is 11.9 Å². The van der Waals surface area contributed by atoms with Crippen LogP contribution in [-0.2, 0) is 4.79 Å². The average molecular weight is 304 g/mol. The first-order valence-corrected chi connectivity index (χ1v) is 8.21. The van der Waals surface area contributed by atoms with E-state index >= 15 is 0 Å². The van der Waals surface area contributed by atoms with Gasteiger partial charge in [-0.15, -0.1) is 0 Å². The third kappa shape index (κ3) is 4.47. The lowest BCUT2D eigenvalue weighted by Gasteiger charge is -2.34. The first-order chi connectivity index (χ1) is 10.5. The normalized spacial score (nSPS) is 19.8. The Morgan fingerprint density at radius 1 is 1.45 bits per heavy atom. The van der Waals surface area contributed by atoms with Crippen molar-refractivity contribution in [2.24, 2.45) is 11.7 Å². The second-order valence-electron chi connectivity index (χ2n) is 6.47. The Labute approximate surface area is 133 Å². The van der Waals surface area contributed by atoms with Gasteiger partial charge < -0.3 is 15.4 Å². The van der Waals surface area contributed by atoms with E-state index in [9.17, 15) is 4.79 Å². The molecule has 2 N–H and O–H groups in total. The zero-order chi connectivity index (χ0) is 16.1. The molecular formula is C18H28N2O2. The predicted molar refractivity (Wildman–Crippen MR) is 89.0 cm³/mol. The van der Waals surface area contributed by atoms with Gasteiger partial charge in [0.15, 0.2) is 0 Å². The van der Waals surface area contributed by atoms with Gasteiger partial charge in [0.05, 0.1) is 13.0 Å². The third-order valence-electron chi connectivity index (χ3n) is 4.47. The second-order valence-corrected chi connectivity index (χ2v) is 6.47. The first-order valence-electron chi connectivity index (χ1n) is 8.21. The minimum absolute atomic E-state index is 0.154. The predicted octanol–water partition coefficient (Wildman–Crippen LogP) is 2.66. The highest BCUT2D eigenvalue weighted by Gasteiger charge is 2.25. The van der Waals surface area contributed by atoms with Crippen molar-refractivity contribution in [2.45, 2.75) is 46.1 Å². The van der Waals surface area contributed by atoms with Gasteiger partial charge in [-0.2, -0.15) is 0 Å². The number of amides is 1. The topological polar surface area (TPSA) is 55.6 Å². The van der Waals surface area contributed by atoms with Crippen LogP contribution in [-0.4, -0.2) is 36.5 Å². The Bertz CT molecular complexity index is 514. The number of carbonyl (C=O) groups is 1. The zero-order valence-corrected chi connectivity index (χ0v) is 14.0. The molecule has 1 saturated heterocycles.